The number of carbonyl (C=O) groups is 1. The molecule has 0 spiro atoms. The molecule has 0 unspecified atom stereocenters. The van der Waals surface area contributed by atoms with Gasteiger partial charge in [-0.2, -0.15) is 0 Å². The summed E-state index contributed by atoms with van der Waals surface area (Å²) in [5, 5.41) is 2.99. The molecule has 1 aromatic heterocycles. The molecule has 0 bridgehead atoms. The van der Waals surface area contributed by atoms with Gasteiger partial charge in [0.05, 0.1) is 11.0 Å². The second-order valence-electron chi connectivity index (χ2n) is 8.78. The molecule has 2 aromatic carbocycles. The van der Waals surface area contributed by atoms with Crippen LogP contribution in [0, 0.1) is 0 Å². The number of carbonyl (C=O) groups excluding carboxylic acids is 1. The lowest BCUT2D eigenvalue weighted by Crippen LogP contribution is -2.22. The maximum atomic E-state index is 12.1. The Hall–Kier alpha value is -2.88. The number of hydrogen-bond donors (Lipinski definition) is 1. The van der Waals surface area contributed by atoms with E-state index < -0.39 is 0 Å². The van der Waals surface area contributed by atoms with E-state index in [4.69, 9.17) is 4.98 Å². The highest BCUT2D eigenvalue weighted by Gasteiger charge is 2.10. The van der Waals surface area contributed by atoms with Crippen LogP contribution in [0.2, 0.25) is 0 Å². The highest BCUT2D eigenvalue weighted by Crippen LogP contribution is 2.19. The van der Waals surface area contributed by atoms with Gasteiger partial charge >= 0.3 is 0 Å². The monoisotopic (exact) mass is 445 g/mol. The fourth-order valence-electron chi connectivity index (χ4n) is 4.22. The van der Waals surface area contributed by atoms with Gasteiger partial charge in [0.15, 0.2) is 0 Å². The second kappa shape index (κ2) is 14.3. The zero-order chi connectivity index (χ0) is 23.1. The van der Waals surface area contributed by atoms with E-state index in [-0.39, 0.29) is 5.91 Å². The van der Waals surface area contributed by atoms with Crippen molar-refractivity contribution in [3.8, 4) is 0 Å². The van der Waals surface area contributed by atoms with Crippen molar-refractivity contribution in [1.82, 2.24) is 14.9 Å². The van der Waals surface area contributed by atoms with Crippen molar-refractivity contribution in [2.75, 3.05) is 6.54 Å². The average molecular weight is 446 g/mol. The number of aryl methyl sites for hydroxylation is 2. The van der Waals surface area contributed by atoms with Crippen molar-refractivity contribution in [3.63, 3.8) is 0 Å². The van der Waals surface area contributed by atoms with Gasteiger partial charge in [-0.3, -0.25) is 4.79 Å². The molecule has 3 aromatic rings. The first-order valence-corrected chi connectivity index (χ1v) is 12.7. The number of para-hydroxylation sites is 2. The molecular weight excluding hydrogens is 406 g/mol. The maximum absolute atomic E-state index is 12.1. The van der Waals surface area contributed by atoms with E-state index in [1.54, 1.807) is 6.08 Å². The number of fused-ring (bicyclic) bond motifs is 1. The third-order valence-corrected chi connectivity index (χ3v) is 6.07. The molecular formula is C29H39N3O. The van der Waals surface area contributed by atoms with Gasteiger partial charge in [0, 0.05) is 25.6 Å². The average Bonchev–Trinajstić information content (AvgIpc) is 3.20. The minimum Gasteiger partial charge on any atom is -0.353 e. The Balaban J connectivity index is 1.44. The van der Waals surface area contributed by atoms with E-state index in [0.29, 0.717) is 6.54 Å². The molecule has 0 aliphatic carbocycles. The minimum absolute atomic E-state index is 0.0497. The van der Waals surface area contributed by atoms with Gasteiger partial charge in [0.1, 0.15) is 5.82 Å². The van der Waals surface area contributed by atoms with Crippen molar-refractivity contribution in [1.29, 1.82) is 0 Å². The lowest BCUT2D eigenvalue weighted by Gasteiger charge is -2.10. The topological polar surface area (TPSA) is 46.9 Å². The van der Waals surface area contributed by atoms with Crippen LogP contribution >= 0.6 is 0 Å². The predicted octanol–water partition coefficient (Wildman–Crippen LogP) is 6.94. The van der Waals surface area contributed by atoms with Gasteiger partial charge in [-0.25, -0.2) is 4.98 Å². The number of amides is 1. The van der Waals surface area contributed by atoms with Gasteiger partial charge in [0.2, 0.25) is 5.91 Å². The lowest BCUT2D eigenvalue weighted by molar-refractivity contribution is -0.116. The number of benzene rings is 2. The van der Waals surface area contributed by atoms with Crippen LogP contribution in [-0.2, 0) is 17.8 Å². The number of unbranched alkanes of at least 4 members (excludes halogenated alkanes) is 7. The number of imidazole rings is 1. The molecule has 4 nitrogen and oxygen atoms in total. The number of nitrogens with zero attached hydrogens (tertiary/aromatic N) is 2. The smallest absolute Gasteiger partial charge is 0.243 e. The van der Waals surface area contributed by atoms with Gasteiger partial charge in [-0.15, -0.1) is 0 Å². The second-order valence-corrected chi connectivity index (χ2v) is 8.78. The summed E-state index contributed by atoms with van der Waals surface area (Å²) in [6.45, 7) is 3.94. The molecule has 1 amide bonds. The van der Waals surface area contributed by atoms with Crippen molar-refractivity contribution < 1.29 is 4.79 Å². The molecule has 0 saturated carbocycles. The fourth-order valence-corrected chi connectivity index (χ4v) is 4.22. The van der Waals surface area contributed by atoms with Crippen LogP contribution in [0.25, 0.3) is 17.1 Å². The molecule has 33 heavy (non-hydrogen) atoms. The van der Waals surface area contributed by atoms with Crippen LogP contribution in [0.1, 0.15) is 76.1 Å². The summed E-state index contributed by atoms with van der Waals surface area (Å²) in [4.78, 5) is 17.0. The van der Waals surface area contributed by atoms with Gasteiger partial charge < -0.3 is 9.88 Å². The Morgan fingerprint density at radius 3 is 2.36 bits per heavy atom. The number of nitrogens with one attached hydrogen (secondary N) is 1. The van der Waals surface area contributed by atoms with Crippen LogP contribution in [-0.4, -0.2) is 22.0 Å². The molecule has 4 heteroatoms. The number of aromatic nitrogens is 2. The number of hydrogen-bond acceptors (Lipinski definition) is 2. The third kappa shape index (κ3) is 8.53. The largest absolute Gasteiger partial charge is 0.353 e. The van der Waals surface area contributed by atoms with Crippen LogP contribution in [0.3, 0.4) is 0 Å². The quantitative estimate of drug-likeness (QED) is 0.203. The van der Waals surface area contributed by atoms with E-state index in [1.807, 2.05) is 36.4 Å². The van der Waals surface area contributed by atoms with E-state index in [1.165, 1.54) is 56.9 Å². The third-order valence-electron chi connectivity index (χ3n) is 6.07. The summed E-state index contributed by atoms with van der Waals surface area (Å²) in [5.41, 5.74) is 3.33. The number of rotatable bonds is 15. The van der Waals surface area contributed by atoms with E-state index >= 15 is 0 Å². The summed E-state index contributed by atoms with van der Waals surface area (Å²) in [7, 11) is 0. The Bertz CT molecular complexity index is 991. The first kappa shape index (κ1) is 24.8. The Morgan fingerprint density at radius 1 is 0.879 bits per heavy atom. The highest BCUT2D eigenvalue weighted by molar-refractivity contribution is 5.91. The Morgan fingerprint density at radius 2 is 1.58 bits per heavy atom. The summed E-state index contributed by atoms with van der Waals surface area (Å²) >= 11 is 0. The SMILES string of the molecule is CCCCCCCCCCn1c(CCCNC(=O)/C=C/c2ccccc2)nc2ccccc21. The molecule has 1 heterocycles. The standard InChI is InChI=1S/C29H39N3O/c1-2-3-4-5-6-7-8-14-24-32-27-19-13-12-18-26(27)31-28(32)20-15-23-30-29(33)22-21-25-16-10-9-11-17-25/h9-13,16-19,21-22H,2-8,14-15,20,23-24H2,1H3,(H,30,33)/b22-21+. The highest BCUT2D eigenvalue weighted by atomic mass is 16.1. The maximum Gasteiger partial charge on any atom is 0.243 e. The molecule has 0 fully saturated rings. The Kier molecular flexibility index (Phi) is 10.7. The summed E-state index contributed by atoms with van der Waals surface area (Å²) in [6.07, 6.45) is 15.8. The molecule has 0 radical (unpaired) electrons. The van der Waals surface area contributed by atoms with E-state index in [2.05, 4.69) is 41.1 Å². The molecule has 0 aliphatic heterocycles. The van der Waals surface area contributed by atoms with Crippen molar-refractivity contribution in [2.24, 2.45) is 0 Å². The first-order chi connectivity index (χ1) is 16.3. The Labute approximate surface area is 199 Å². The minimum atomic E-state index is -0.0497. The molecule has 0 aliphatic rings. The van der Waals surface area contributed by atoms with Crippen molar-refractivity contribution >= 4 is 23.0 Å². The zero-order valence-electron chi connectivity index (χ0n) is 20.1. The lowest BCUT2D eigenvalue weighted by atomic mass is 10.1. The summed E-state index contributed by atoms with van der Waals surface area (Å²) in [6, 6.07) is 18.3. The predicted molar refractivity (Wildman–Crippen MR) is 139 cm³/mol. The summed E-state index contributed by atoms with van der Waals surface area (Å²) < 4.78 is 2.39. The zero-order valence-corrected chi connectivity index (χ0v) is 20.1. The molecule has 3 rings (SSSR count). The molecule has 176 valence electrons. The van der Waals surface area contributed by atoms with Crippen LogP contribution in [0.5, 0.6) is 0 Å². The fraction of sp³-hybridized carbons (Fsp3) is 0.448. The molecule has 0 atom stereocenters. The van der Waals surface area contributed by atoms with Crippen LogP contribution in [0.4, 0.5) is 0 Å². The van der Waals surface area contributed by atoms with Gasteiger partial charge in [0.25, 0.3) is 0 Å². The van der Waals surface area contributed by atoms with Gasteiger partial charge in [-0.05, 0) is 36.6 Å². The van der Waals surface area contributed by atoms with E-state index in [9.17, 15) is 4.79 Å². The normalized spacial score (nSPS) is 11.4. The summed E-state index contributed by atoms with van der Waals surface area (Å²) in [5.74, 6) is 1.08. The van der Waals surface area contributed by atoms with E-state index in [0.717, 1.165) is 36.3 Å². The van der Waals surface area contributed by atoms with Crippen molar-refractivity contribution in [2.45, 2.75) is 77.7 Å². The van der Waals surface area contributed by atoms with Gasteiger partial charge in [-0.1, -0.05) is 94.3 Å². The van der Waals surface area contributed by atoms with Crippen molar-refractivity contribution in [3.05, 3.63) is 72.1 Å². The van der Waals surface area contributed by atoms with Crippen LogP contribution < -0.4 is 5.32 Å². The molecule has 0 saturated heterocycles. The van der Waals surface area contributed by atoms with Crippen LogP contribution in [0.15, 0.2) is 60.7 Å². The molecule has 1 N–H and O–H groups in total. The first-order valence-electron chi connectivity index (χ1n) is 12.7.